The highest BCUT2D eigenvalue weighted by molar-refractivity contribution is 7.51. The highest BCUT2D eigenvalue weighted by Crippen LogP contribution is 2.34. The molecule has 2 rings (SSSR count). The van der Waals surface area contributed by atoms with Crippen molar-refractivity contribution < 1.29 is 29.0 Å². The number of carboxylic acids is 1. The molecule has 1 aromatic rings. The summed E-state index contributed by atoms with van der Waals surface area (Å²) in [6, 6.07) is -0.576. The smallest absolute Gasteiger partial charge is 0.325 e. The molecule has 4 N–H and O–H groups in total. The molecule has 1 aromatic heterocycles. The molecule has 0 radical (unpaired) electrons. The number of carboxylic acid groups (broad SMARTS) is 1. The summed E-state index contributed by atoms with van der Waals surface area (Å²) in [7, 11) is -3.98. The van der Waals surface area contributed by atoms with Crippen molar-refractivity contribution >= 4 is 13.6 Å². The predicted octanol–water partition coefficient (Wildman–Crippen LogP) is -0.822. The first-order valence-corrected chi connectivity index (χ1v) is 8.64. The molecule has 2 atom stereocenters. The van der Waals surface area contributed by atoms with Crippen LogP contribution in [-0.2, 0) is 27.2 Å². The molecule has 0 saturated carbocycles. The van der Waals surface area contributed by atoms with E-state index in [2.05, 4.69) is 15.6 Å². The number of nitrogens with one attached hydrogen (secondary N) is 1. The first-order chi connectivity index (χ1) is 10.3. The summed E-state index contributed by atoms with van der Waals surface area (Å²) >= 11 is 0. The lowest BCUT2D eigenvalue weighted by atomic mass is 10.2. The molecule has 0 amide bonds. The maximum Gasteiger partial charge on any atom is 0.325 e. The first-order valence-electron chi connectivity index (χ1n) is 6.85. The van der Waals surface area contributed by atoms with Crippen molar-refractivity contribution in [1.82, 2.24) is 20.3 Å². The standard InChI is InChI=1S/C11H19N4O6P/c16-11(17)10-4-9(5-12-10)21-7-8-6-15(14-13-8)2-1-3-22(18,19)20/h6,9-10,12H,1-5,7H2,(H,16,17)(H2,18,19,20)/t9-,10+/m1/s1. The van der Waals surface area contributed by atoms with Crippen LogP contribution in [0.25, 0.3) is 0 Å². The summed E-state index contributed by atoms with van der Waals surface area (Å²) in [4.78, 5) is 28.3. The topological polar surface area (TPSA) is 147 Å². The van der Waals surface area contributed by atoms with Crippen LogP contribution in [0.3, 0.4) is 0 Å². The van der Waals surface area contributed by atoms with E-state index in [9.17, 15) is 9.36 Å². The first kappa shape index (κ1) is 17.0. The van der Waals surface area contributed by atoms with E-state index in [0.29, 0.717) is 31.6 Å². The van der Waals surface area contributed by atoms with Crippen molar-refractivity contribution in [1.29, 1.82) is 0 Å². The number of aliphatic carboxylic acids is 1. The predicted molar refractivity (Wildman–Crippen MR) is 74.2 cm³/mol. The van der Waals surface area contributed by atoms with Crippen LogP contribution in [-0.4, -0.2) is 60.7 Å². The molecule has 0 bridgehead atoms. The molecule has 22 heavy (non-hydrogen) atoms. The van der Waals surface area contributed by atoms with E-state index in [-0.39, 0.29) is 18.9 Å². The number of aromatic nitrogens is 3. The molecule has 0 unspecified atom stereocenters. The monoisotopic (exact) mass is 334 g/mol. The number of carbonyl (C=O) groups is 1. The fraction of sp³-hybridized carbons (Fsp3) is 0.727. The average Bonchev–Trinajstić information content (AvgIpc) is 3.03. The maximum atomic E-state index is 10.8. The number of hydrogen-bond donors (Lipinski definition) is 4. The number of hydrogen-bond acceptors (Lipinski definition) is 6. The Bertz CT molecular complexity index is 559. The summed E-state index contributed by atoms with van der Waals surface area (Å²) in [6.45, 7) is 1.06. The quantitative estimate of drug-likeness (QED) is 0.447. The lowest BCUT2D eigenvalue weighted by molar-refractivity contribution is -0.139. The molecule has 0 aliphatic carbocycles. The van der Waals surface area contributed by atoms with Crippen LogP contribution in [0.5, 0.6) is 0 Å². The van der Waals surface area contributed by atoms with Crippen LogP contribution in [0.1, 0.15) is 18.5 Å². The van der Waals surface area contributed by atoms with E-state index in [4.69, 9.17) is 19.6 Å². The third-order valence-electron chi connectivity index (χ3n) is 3.28. The van der Waals surface area contributed by atoms with Gasteiger partial charge in [-0.15, -0.1) is 5.10 Å². The molecule has 10 nitrogen and oxygen atoms in total. The van der Waals surface area contributed by atoms with E-state index in [0.717, 1.165) is 0 Å². The Labute approximate surface area is 126 Å². The average molecular weight is 334 g/mol. The van der Waals surface area contributed by atoms with E-state index >= 15 is 0 Å². The highest BCUT2D eigenvalue weighted by Gasteiger charge is 2.29. The molecule has 124 valence electrons. The maximum absolute atomic E-state index is 10.8. The van der Waals surface area contributed by atoms with Gasteiger partial charge >= 0.3 is 13.6 Å². The van der Waals surface area contributed by atoms with Gasteiger partial charge in [0.2, 0.25) is 0 Å². The van der Waals surface area contributed by atoms with Crippen molar-refractivity contribution in [3.05, 3.63) is 11.9 Å². The summed E-state index contributed by atoms with van der Waals surface area (Å²) in [5.41, 5.74) is 0.593. The third-order valence-corrected chi connectivity index (χ3v) is 4.18. The van der Waals surface area contributed by atoms with Crippen LogP contribution >= 0.6 is 7.60 Å². The van der Waals surface area contributed by atoms with Crippen molar-refractivity contribution in [3.63, 3.8) is 0 Å². The minimum absolute atomic E-state index is 0.180. The molecule has 0 spiro atoms. The summed E-state index contributed by atoms with van der Waals surface area (Å²) in [5, 5.41) is 19.5. The summed E-state index contributed by atoms with van der Waals surface area (Å²) in [5.74, 6) is -0.887. The van der Waals surface area contributed by atoms with Gasteiger partial charge in [0.15, 0.2) is 0 Å². The van der Waals surface area contributed by atoms with E-state index in [1.54, 1.807) is 6.20 Å². The van der Waals surface area contributed by atoms with Crippen molar-refractivity contribution in [2.24, 2.45) is 0 Å². The van der Waals surface area contributed by atoms with Gasteiger partial charge in [-0.2, -0.15) is 0 Å². The van der Waals surface area contributed by atoms with Crippen LogP contribution in [0.2, 0.25) is 0 Å². The Morgan fingerprint density at radius 3 is 2.95 bits per heavy atom. The molecule has 1 aliphatic rings. The Morgan fingerprint density at radius 2 is 2.32 bits per heavy atom. The number of ether oxygens (including phenoxy) is 1. The van der Waals surface area contributed by atoms with Gasteiger partial charge in [0.25, 0.3) is 0 Å². The highest BCUT2D eigenvalue weighted by atomic mass is 31.2. The Hall–Kier alpha value is -1.32. The second kappa shape index (κ2) is 7.30. The van der Waals surface area contributed by atoms with Crippen LogP contribution < -0.4 is 5.32 Å². The molecule has 11 heteroatoms. The van der Waals surface area contributed by atoms with Crippen molar-refractivity contribution in [2.75, 3.05) is 12.7 Å². The zero-order chi connectivity index (χ0) is 16.2. The van der Waals surface area contributed by atoms with E-state index < -0.39 is 19.6 Å². The zero-order valence-electron chi connectivity index (χ0n) is 11.8. The van der Waals surface area contributed by atoms with Gasteiger partial charge in [0.05, 0.1) is 25.1 Å². The lowest BCUT2D eigenvalue weighted by Gasteiger charge is -2.08. The van der Waals surface area contributed by atoms with Crippen LogP contribution in [0.15, 0.2) is 6.20 Å². The van der Waals surface area contributed by atoms with Crippen LogP contribution in [0, 0.1) is 0 Å². The van der Waals surface area contributed by atoms with Gasteiger partial charge in [-0.1, -0.05) is 5.21 Å². The Kier molecular flexibility index (Phi) is 5.65. The van der Waals surface area contributed by atoms with Gasteiger partial charge in [-0.05, 0) is 6.42 Å². The Morgan fingerprint density at radius 1 is 1.55 bits per heavy atom. The molecule has 1 aliphatic heterocycles. The van der Waals surface area contributed by atoms with Gasteiger partial charge in [0.1, 0.15) is 11.7 Å². The molecule has 1 saturated heterocycles. The lowest BCUT2D eigenvalue weighted by Crippen LogP contribution is -2.29. The second-order valence-corrected chi connectivity index (χ2v) is 6.96. The third kappa shape index (κ3) is 5.47. The van der Waals surface area contributed by atoms with Crippen molar-refractivity contribution in [2.45, 2.75) is 38.1 Å². The number of rotatable bonds is 8. The van der Waals surface area contributed by atoms with Gasteiger partial charge in [-0.25, -0.2) is 0 Å². The number of aryl methyl sites for hydroxylation is 1. The largest absolute Gasteiger partial charge is 0.480 e. The summed E-state index contributed by atoms with van der Waals surface area (Å²) in [6.07, 6.45) is 1.99. The zero-order valence-corrected chi connectivity index (χ0v) is 12.7. The SMILES string of the molecule is O=C(O)[C@@H]1C[C@@H](OCc2cn(CCCP(=O)(O)O)nn2)CN1. The van der Waals surface area contributed by atoms with Gasteiger partial charge in [0, 0.05) is 19.5 Å². The van der Waals surface area contributed by atoms with E-state index in [1.807, 2.05) is 0 Å². The Balaban J connectivity index is 1.71. The van der Waals surface area contributed by atoms with Crippen molar-refractivity contribution in [3.8, 4) is 0 Å². The fourth-order valence-electron chi connectivity index (χ4n) is 2.17. The molecular weight excluding hydrogens is 315 g/mol. The normalized spacial score (nSPS) is 22.1. The van der Waals surface area contributed by atoms with Gasteiger partial charge < -0.3 is 24.9 Å². The second-order valence-electron chi connectivity index (χ2n) is 5.18. The molecular formula is C11H19N4O6P. The van der Waals surface area contributed by atoms with E-state index in [1.165, 1.54) is 4.68 Å². The summed E-state index contributed by atoms with van der Waals surface area (Å²) < 4.78 is 17.8. The minimum atomic E-state index is -3.98. The van der Waals surface area contributed by atoms with Crippen LogP contribution in [0.4, 0.5) is 0 Å². The fourth-order valence-corrected chi connectivity index (χ4v) is 2.73. The molecule has 1 fully saturated rings. The molecule has 2 heterocycles. The molecule has 0 aromatic carbocycles. The van der Waals surface area contributed by atoms with Gasteiger partial charge in [-0.3, -0.25) is 14.0 Å². The minimum Gasteiger partial charge on any atom is -0.480 e. The number of nitrogens with zero attached hydrogens (tertiary/aromatic N) is 3.